The van der Waals surface area contributed by atoms with Gasteiger partial charge in [0.05, 0.1) is 12.7 Å². The summed E-state index contributed by atoms with van der Waals surface area (Å²) in [6, 6.07) is 0. The van der Waals surface area contributed by atoms with Crippen LogP contribution in [0.4, 0.5) is 0 Å². The van der Waals surface area contributed by atoms with Gasteiger partial charge in [0, 0.05) is 19.5 Å². The van der Waals surface area contributed by atoms with Gasteiger partial charge in [-0.1, -0.05) is 6.92 Å². The van der Waals surface area contributed by atoms with E-state index < -0.39 is 0 Å². The summed E-state index contributed by atoms with van der Waals surface area (Å²) in [6.45, 7) is 4.83. The largest absolute Gasteiger partial charge is 0.375 e. The first-order valence-electron chi connectivity index (χ1n) is 5.37. The van der Waals surface area contributed by atoms with Crippen LogP contribution in [0, 0.1) is 0 Å². The summed E-state index contributed by atoms with van der Waals surface area (Å²) in [5, 5.41) is 0. The quantitative estimate of drug-likeness (QED) is 0.713. The lowest BCUT2D eigenvalue weighted by atomic mass is 10.2. The minimum Gasteiger partial charge on any atom is -0.375 e. The number of rotatable bonds is 4. The van der Waals surface area contributed by atoms with E-state index in [1.807, 2.05) is 4.90 Å². The molecule has 1 amide bonds. The van der Waals surface area contributed by atoms with Crippen LogP contribution < -0.4 is 5.73 Å². The number of carbonyl (C=O) groups excluding carboxylic acids is 1. The summed E-state index contributed by atoms with van der Waals surface area (Å²) >= 11 is 0. The van der Waals surface area contributed by atoms with E-state index in [2.05, 4.69) is 6.92 Å². The maximum atomic E-state index is 11.6. The lowest BCUT2D eigenvalue weighted by Crippen LogP contribution is -2.45. The highest BCUT2D eigenvalue weighted by Gasteiger charge is 2.22. The Morgan fingerprint density at radius 3 is 3.07 bits per heavy atom. The van der Waals surface area contributed by atoms with Crippen molar-refractivity contribution >= 4 is 5.91 Å². The van der Waals surface area contributed by atoms with Crippen LogP contribution in [-0.2, 0) is 9.53 Å². The molecule has 0 spiro atoms. The molecule has 2 N–H and O–H groups in total. The van der Waals surface area contributed by atoms with E-state index in [1.54, 1.807) is 0 Å². The van der Waals surface area contributed by atoms with Crippen molar-refractivity contribution in [3.63, 3.8) is 0 Å². The SMILES string of the molecule is CCC1CN(C(=O)CCCN)CCO1. The number of morpholine rings is 1. The van der Waals surface area contributed by atoms with E-state index in [0.29, 0.717) is 19.6 Å². The molecule has 0 bridgehead atoms. The third kappa shape index (κ3) is 3.27. The Bertz CT molecular complexity index is 185. The maximum Gasteiger partial charge on any atom is 0.222 e. The summed E-state index contributed by atoms with van der Waals surface area (Å²) in [5.41, 5.74) is 5.36. The number of hydrogen-bond donors (Lipinski definition) is 1. The van der Waals surface area contributed by atoms with Crippen LogP contribution >= 0.6 is 0 Å². The molecule has 0 aromatic rings. The molecule has 82 valence electrons. The number of ether oxygens (including phenoxy) is 1. The monoisotopic (exact) mass is 200 g/mol. The highest BCUT2D eigenvalue weighted by molar-refractivity contribution is 5.76. The van der Waals surface area contributed by atoms with Crippen molar-refractivity contribution in [3.05, 3.63) is 0 Å². The van der Waals surface area contributed by atoms with Crippen molar-refractivity contribution in [2.75, 3.05) is 26.2 Å². The second kappa shape index (κ2) is 5.98. The smallest absolute Gasteiger partial charge is 0.222 e. The highest BCUT2D eigenvalue weighted by Crippen LogP contribution is 2.09. The van der Waals surface area contributed by atoms with Crippen molar-refractivity contribution in [1.82, 2.24) is 4.90 Å². The molecule has 1 heterocycles. The molecule has 0 radical (unpaired) electrons. The minimum atomic E-state index is 0.220. The standard InChI is InChI=1S/C10H20N2O2/c1-2-9-8-12(6-7-14-9)10(13)4-3-5-11/h9H,2-8,11H2,1H3. The zero-order valence-corrected chi connectivity index (χ0v) is 8.87. The summed E-state index contributed by atoms with van der Waals surface area (Å²) < 4.78 is 5.49. The van der Waals surface area contributed by atoms with Crippen molar-refractivity contribution < 1.29 is 9.53 Å². The van der Waals surface area contributed by atoms with E-state index in [1.165, 1.54) is 0 Å². The van der Waals surface area contributed by atoms with Crippen molar-refractivity contribution in [2.24, 2.45) is 5.73 Å². The second-order valence-electron chi connectivity index (χ2n) is 3.63. The van der Waals surface area contributed by atoms with Crippen LogP contribution in [0.15, 0.2) is 0 Å². The first-order valence-corrected chi connectivity index (χ1v) is 5.37. The molecule has 1 aliphatic heterocycles. The molecule has 1 rings (SSSR count). The van der Waals surface area contributed by atoms with E-state index in [0.717, 1.165) is 25.9 Å². The van der Waals surface area contributed by atoms with Gasteiger partial charge in [0.2, 0.25) is 5.91 Å². The average Bonchev–Trinajstić information content (AvgIpc) is 2.26. The Balaban J connectivity index is 2.31. The topological polar surface area (TPSA) is 55.6 Å². The lowest BCUT2D eigenvalue weighted by molar-refractivity contribution is -0.138. The molecule has 1 unspecified atom stereocenters. The third-order valence-corrected chi connectivity index (χ3v) is 2.54. The Morgan fingerprint density at radius 2 is 2.43 bits per heavy atom. The van der Waals surface area contributed by atoms with Crippen LogP contribution in [0.2, 0.25) is 0 Å². The van der Waals surface area contributed by atoms with Crippen LogP contribution in [0.5, 0.6) is 0 Å². The molecule has 0 aromatic carbocycles. The zero-order chi connectivity index (χ0) is 10.4. The minimum absolute atomic E-state index is 0.220. The van der Waals surface area contributed by atoms with Crippen molar-refractivity contribution in [3.8, 4) is 0 Å². The van der Waals surface area contributed by atoms with Gasteiger partial charge in [-0.2, -0.15) is 0 Å². The van der Waals surface area contributed by atoms with Gasteiger partial charge in [-0.3, -0.25) is 4.79 Å². The molecule has 1 saturated heterocycles. The van der Waals surface area contributed by atoms with Crippen molar-refractivity contribution in [1.29, 1.82) is 0 Å². The Hall–Kier alpha value is -0.610. The van der Waals surface area contributed by atoms with Crippen LogP contribution in [0.1, 0.15) is 26.2 Å². The van der Waals surface area contributed by atoms with Gasteiger partial charge in [0.1, 0.15) is 0 Å². The zero-order valence-electron chi connectivity index (χ0n) is 8.87. The number of hydrogen-bond acceptors (Lipinski definition) is 3. The lowest BCUT2D eigenvalue weighted by Gasteiger charge is -2.32. The number of amides is 1. The van der Waals surface area contributed by atoms with Gasteiger partial charge in [-0.15, -0.1) is 0 Å². The van der Waals surface area contributed by atoms with Gasteiger partial charge < -0.3 is 15.4 Å². The molecule has 0 aromatic heterocycles. The van der Waals surface area contributed by atoms with E-state index in [9.17, 15) is 4.79 Å². The Morgan fingerprint density at radius 1 is 1.64 bits per heavy atom. The van der Waals surface area contributed by atoms with Gasteiger partial charge >= 0.3 is 0 Å². The molecule has 4 nitrogen and oxygen atoms in total. The molecule has 1 aliphatic rings. The highest BCUT2D eigenvalue weighted by atomic mass is 16.5. The molecule has 14 heavy (non-hydrogen) atoms. The van der Waals surface area contributed by atoms with E-state index in [-0.39, 0.29) is 12.0 Å². The fourth-order valence-corrected chi connectivity index (χ4v) is 1.60. The molecule has 4 heteroatoms. The average molecular weight is 200 g/mol. The molecule has 1 fully saturated rings. The molecule has 1 atom stereocenters. The van der Waals surface area contributed by atoms with Crippen LogP contribution in [0.3, 0.4) is 0 Å². The second-order valence-corrected chi connectivity index (χ2v) is 3.63. The van der Waals surface area contributed by atoms with E-state index >= 15 is 0 Å². The predicted octanol–water partition coefficient (Wildman–Crippen LogP) is 0.363. The van der Waals surface area contributed by atoms with Crippen LogP contribution in [-0.4, -0.2) is 43.2 Å². The molecule has 0 saturated carbocycles. The summed E-state index contributed by atoms with van der Waals surface area (Å²) in [6.07, 6.45) is 2.56. The normalized spacial score (nSPS) is 22.4. The molecule has 0 aliphatic carbocycles. The first-order chi connectivity index (χ1) is 6.77. The Kier molecular flexibility index (Phi) is 4.90. The maximum absolute atomic E-state index is 11.6. The van der Waals surface area contributed by atoms with Gasteiger partial charge in [0.15, 0.2) is 0 Å². The van der Waals surface area contributed by atoms with Gasteiger partial charge in [0.25, 0.3) is 0 Å². The summed E-state index contributed by atoms with van der Waals surface area (Å²) in [7, 11) is 0. The number of carbonyl (C=O) groups is 1. The first kappa shape index (κ1) is 11.5. The Labute approximate surface area is 85.4 Å². The van der Waals surface area contributed by atoms with Gasteiger partial charge in [-0.05, 0) is 19.4 Å². The predicted molar refractivity (Wildman–Crippen MR) is 54.9 cm³/mol. The van der Waals surface area contributed by atoms with Crippen LogP contribution in [0.25, 0.3) is 0 Å². The summed E-state index contributed by atoms with van der Waals surface area (Å²) in [4.78, 5) is 13.5. The fourth-order valence-electron chi connectivity index (χ4n) is 1.60. The number of nitrogens with two attached hydrogens (primary N) is 1. The third-order valence-electron chi connectivity index (χ3n) is 2.54. The molecular weight excluding hydrogens is 180 g/mol. The summed E-state index contributed by atoms with van der Waals surface area (Å²) in [5.74, 6) is 0.220. The van der Waals surface area contributed by atoms with Gasteiger partial charge in [-0.25, -0.2) is 0 Å². The fraction of sp³-hybridized carbons (Fsp3) is 0.900. The van der Waals surface area contributed by atoms with E-state index in [4.69, 9.17) is 10.5 Å². The molecular formula is C10H20N2O2. The van der Waals surface area contributed by atoms with Crippen molar-refractivity contribution in [2.45, 2.75) is 32.3 Å². The number of nitrogens with zero attached hydrogens (tertiary/aromatic N) is 1.